The van der Waals surface area contributed by atoms with E-state index in [2.05, 4.69) is 29.2 Å². The van der Waals surface area contributed by atoms with Crippen LogP contribution in [0.1, 0.15) is 25.3 Å². The highest BCUT2D eigenvalue weighted by Gasteiger charge is 2.41. The van der Waals surface area contributed by atoms with Crippen LogP contribution >= 0.6 is 0 Å². The van der Waals surface area contributed by atoms with Crippen molar-refractivity contribution in [2.24, 2.45) is 0 Å². The third kappa shape index (κ3) is 2.92. The summed E-state index contributed by atoms with van der Waals surface area (Å²) in [5.41, 5.74) is 4.33. The number of carbonyl (C=O) groups excluding carboxylic acids is 1. The van der Waals surface area contributed by atoms with Gasteiger partial charge in [0, 0.05) is 50.0 Å². The average molecular weight is 374 g/mol. The fraction of sp³-hybridized carbons (Fsp3) is 0.304. The first kappa shape index (κ1) is 17.2. The topological polar surface area (TPSA) is 51.7 Å². The van der Waals surface area contributed by atoms with Gasteiger partial charge in [0.1, 0.15) is 5.75 Å². The van der Waals surface area contributed by atoms with Crippen molar-refractivity contribution in [2.75, 3.05) is 13.1 Å². The van der Waals surface area contributed by atoms with Gasteiger partial charge in [-0.25, -0.2) is 0 Å². The molecule has 0 N–H and O–H groups in total. The highest BCUT2D eigenvalue weighted by molar-refractivity contribution is 5.94. The average Bonchev–Trinajstić information content (AvgIpc) is 2.73. The molecule has 1 fully saturated rings. The molecule has 3 heterocycles. The maximum Gasteiger partial charge on any atom is 0.219 e. The lowest BCUT2D eigenvalue weighted by Gasteiger charge is -2.43. The summed E-state index contributed by atoms with van der Waals surface area (Å²) in [4.78, 5) is 17.9. The lowest BCUT2D eigenvalue weighted by molar-refractivity contribution is -0.227. The molecule has 0 atom stereocenters. The standard InChI is InChI=1S/C23H22N2O3/c1-16(26)25-12-9-23(10-13-25)27-15-18-14-17(7-8-22(18)28-23)19-4-2-6-21-20(19)5-3-11-24-21/h2-8,11,14H,9-10,12-13,15H2,1H3. The minimum atomic E-state index is -0.607. The summed E-state index contributed by atoms with van der Waals surface area (Å²) >= 11 is 0. The summed E-state index contributed by atoms with van der Waals surface area (Å²) in [7, 11) is 0. The predicted molar refractivity (Wildman–Crippen MR) is 107 cm³/mol. The zero-order chi connectivity index (χ0) is 19.1. The van der Waals surface area contributed by atoms with E-state index >= 15 is 0 Å². The normalized spacial score (nSPS) is 18.0. The number of amides is 1. The number of rotatable bonds is 1. The zero-order valence-electron chi connectivity index (χ0n) is 15.9. The maximum absolute atomic E-state index is 11.6. The molecule has 2 aliphatic heterocycles. The molecule has 2 aromatic carbocycles. The fourth-order valence-electron chi connectivity index (χ4n) is 4.16. The largest absolute Gasteiger partial charge is 0.462 e. The van der Waals surface area contributed by atoms with Crippen LogP contribution in [0.25, 0.3) is 22.0 Å². The van der Waals surface area contributed by atoms with Crippen molar-refractivity contribution in [1.82, 2.24) is 9.88 Å². The van der Waals surface area contributed by atoms with Crippen LogP contribution < -0.4 is 4.74 Å². The Labute approximate surface area is 163 Å². The summed E-state index contributed by atoms with van der Waals surface area (Å²) in [5.74, 6) is 0.383. The van der Waals surface area contributed by atoms with Crippen molar-refractivity contribution in [1.29, 1.82) is 0 Å². The molecule has 3 aromatic rings. The van der Waals surface area contributed by atoms with Gasteiger partial charge < -0.3 is 14.4 Å². The smallest absolute Gasteiger partial charge is 0.219 e. The number of hydrogen-bond donors (Lipinski definition) is 0. The maximum atomic E-state index is 11.6. The molecule has 2 aliphatic rings. The second-order valence-electron chi connectivity index (χ2n) is 7.51. The van der Waals surface area contributed by atoms with Gasteiger partial charge in [-0.05, 0) is 35.4 Å². The van der Waals surface area contributed by atoms with Gasteiger partial charge in [0.25, 0.3) is 0 Å². The Hall–Kier alpha value is -2.92. The molecule has 28 heavy (non-hydrogen) atoms. The van der Waals surface area contributed by atoms with Gasteiger partial charge in [0.2, 0.25) is 11.7 Å². The third-order valence-corrected chi connectivity index (χ3v) is 5.77. The number of pyridine rings is 1. The molecule has 0 radical (unpaired) electrons. The van der Waals surface area contributed by atoms with Crippen molar-refractivity contribution in [2.45, 2.75) is 32.2 Å². The van der Waals surface area contributed by atoms with Crippen LogP contribution in [0, 0.1) is 0 Å². The van der Waals surface area contributed by atoms with E-state index in [0.717, 1.165) is 33.3 Å². The van der Waals surface area contributed by atoms with Gasteiger partial charge in [-0.3, -0.25) is 9.78 Å². The van der Waals surface area contributed by atoms with Crippen LogP contribution in [0.4, 0.5) is 0 Å². The SMILES string of the molecule is CC(=O)N1CCC2(CC1)OCc1cc(-c3cccc4ncccc34)ccc1O2. The molecule has 5 rings (SSSR count). The second-order valence-corrected chi connectivity index (χ2v) is 7.51. The number of likely N-dealkylation sites (tertiary alicyclic amines) is 1. The van der Waals surface area contributed by atoms with Crippen LogP contribution in [0.5, 0.6) is 5.75 Å². The highest BCUT2D eigenvalue weighted by Crippen LogP contribution is 2.39. The summed E-state index contributed by atoms with van der Waals surface area (Å²) in [5, 5.41) is 1.13. The van der Waals surface area contributed by atoms with Gasteiger partial charge in [-0.1, -0.05) is 24.3 Å². The Morgan fingerprint density at radius 1 is 1.11 bits per heavy atom. The summed E-state index contributed by atoms with van der Waals surface area (Å²) < 4.78 is 12.5. The molecular formula is C23H22N2O3. The van der Waals surface area contributed by atoms with E-state index in [-0.39, 0.29) is 5.91 Å². The first-order valence-corrected chi connectivity index (χ1v) is 9.69. The third-order valence-electron chi connectivity index (χ3n) is 5.77. The Kier molecular flexibility index (Phi) is 4.05. The molecule has 1 spiro atoms. The minimum absolute atomic E-state index is 0.111. The molecule has 0 unspecified atom stereocenters. The van der Waals surface area contributed by atoms with E-state index < -0.39 is 5.79 Å². The monoisotopic (exact) mass is 374 g/mol. The van der Waals surface area contributed by atoms with E-state index in [9.17, 15) is 4.79 Å². The number of benzene rings is 2. The first-order valence-electron chi connectivity index (χ1n) is 9.69. The van der Waals surface area contributed by atoms with Gasteiger partial charge in [-0.15, -0.1) is 0 Å². The van der Waals surface area contributed by atoms with Crippen molar-refractivity contribution >= 4 is 16.8 Å². The van der Waals surface area contributed by atoms with Crippen molar-refractivity contribution in [3.63, 3.8) is 0 Å². The number of nitrogens with zero attached hydrogens (tertiary/aromatic N) is 2. The van der Waals surface area contributed by atoms with Crippen LogP contribution in [0.3, 0.4) is 0 Å². The molecule has 0 saturated carbocycles. The van der Waals surface area contributed by atoms with E-state index in [0.29, 0.717) is 32.5 Å². The van der Waals surface area contributed by atoms with E-state index in [1.165, 1.54) is 0 Å². The summed E-state index contributed by atoms with van der Waals surface area (Å²) in [6.45, 7) is 3.48. The Morgan fingerprint density at radius 3 is 2.79 bits per heavy atom. The van der Waals surface area contributed by atoms with E-state index in [1.807, 2.05) is 35.4 Å². The van der Waals surface area contributed by atoms with Crippen molar-refractivity contribution in [3.8, 4) is 16.9 Å². The number of ether oxygens (including phenoxy) is 2. The molecular weight excluding hydrogens is 352 g/mol. The lowest BCUT2D eigenvalue weighted by Crippen LogP contribution is -2.52. The predicted octanol–water partition coefficient (Wildman–Crippen LogP) is 4.15. The molecule has 1 saturated heterocycles. The van der Waals surface area contributed by atoms with Gasteiger partial charge in [0.15, 0.2) is 0 Å². The van der Waals surface area contributed by atoms with Gasteiger partial charge >= 0.3 is 0 Å². The summed E-state index contributed by atoms with van der Waals surface area (Å²) in [6, 6.07) is 16.5. The Balaban J connectivity index is 1.43. The lowest BCUT2D eigenvalue weighted by atomic mass is 9.97. The second kappa shape index (κ2) is 6.60. The van der Waals surface area contributed by atoms with Crippen LogP contribution in [-0.4, -0.2) is 34.7 Å². The molecule has 1 amide bonds. The molecule has 142 valence electrons. The highest BCUT2D eigenvalue weighted by atomic mass is 16.7. The van der Waals surface area contributed by atoms with Crippen LogP contribution in [-0.2, 0) is 16.1 Å². The number of aromatic nitrogens is 1. The van der Waals surface area contributed by atoms with Crippen molar-refractivity contribution < 1.29 is 14.3 Å². The van der Waals surface area contributed by atoms with Gasteiger partial charge in [0.05, 0.1) is 12.1 Å². The number of hydrogen-bond acceptors (Lipinski definition) is 4. The summed E-state index contributed by atoms with van der Waals surface area (Å²) in [6.07, 6.45) is 3.21. The quantitative estimate of drug-likeness (QED) is 0.642. The van der Waals surface area contributed by atoms with E-state index in [1.54, 1.807) is 6.92 Å². The molecule has 5 heteroatoms. The number of carbonyl (C=O) groups is 1. The molecule has 0 bridgehead atoms. The Morgan fingerprint density at radius 2 is 1.96 bits per heavy atom. The molecule has 1 aromatic heterocycles. The first-order chi connectivity index (χ1) is 13.6. The van der Waals surface area contributed by atoms with Crippen LogP contribution in [0.15, 0.2) is 54.7 Å². The Bertz CT molecular complexity index is 1050. The van der Waals surface area contributed by atoms with Crippen LogP contribution in [0.2, 0.25) is 0 Å². The van der Waals surface area contributed by atoms with Crippen molar-refractivity contribution in [3.05, 3.63) is 60.3 Å². The van der Waals surface area contributed by atoms with E-state index in [4.69, 9.17) is 9.47 Å². The fourth-order valence-corrected chi connectivity index (χ4v) is 4.16. The zero-order valence-corrected chi connectivity index (χ0v) is 15.9. The minimum Gasteiger partial charge on any atom is -0.462 e. The number of fused-ring (bicyclic) bond motifs is 2. The molecule has 0 aliphatic carbocycles. The van der Waals surface area contributed by atoms with Gasteiger partial charge in [-0.2, -0.15) is 0 Å². The number of piperidine rings is 1. The molecule has 5 nitrogen and oxygen atoms in total.